The van der Waals surface area contributed by atoms with Crippen molar-refractivity contribution in [3.05, 3.63) is 65.2 Å². The number of nitrogens with zero attached hydrogens (tertiary/aromatic N) is 2. The van der Waals surface area contributed by atoms with Crippen LogP contribution in [0.2, 0.25) is 0 Å². The number of Topliss-reactive ketones (excluding diaryl/α,β-unsaturated/α-hetero) is 1. The van der Waals surface area contributed by atoms with Crippen LogP contribution in [0.3, 0.4) is 0 Å². The van der Waals surface area contributed by atoms with Crippen molar-refractivity contribution in [3.63, 3.8) is 0 Å². The minimum atomic E-state index is -3.65. The molecule has 2 aliphatic heterocycles. The summed E-state index contributed by atoms with van der Waals surface area (Å²) in [5.74, 6) is -1.92. The van der Waals surface area contributed by atoms with Gasteiger partial charge in [-0.15, -0.1) is 0 Å². The van der Waals surface area contributed by atoms with E-state index in [1.54, 1.807) is 19.2 Å². The molecule has 9 nitrogen and oxygen atoms in total. The molecule has 2 aromatic rings. The van der Waals surface area contributed by atoms with Crippen LogP contribution >= 0.6 is 0 Å². The van der Waals surface area contributed by atoms with Crippen molar-refractivity contribution < 1.29 is 33.0 Å². The zero-order valence-corrected chi connectivity index (χ0v) is 20.9. The third-order valence-corrected chi connectivity index (χ3v) is 8.49. The molecule has 1 atom stereocenters. The number of aliphatic hydroxyl groups is 1. The van der Waals surface area contributed by atoms with Crippen LogP contribution in [0.25, 0.3) is 5.76 Å². The second-order valence-corrected chi connectivity index (χ2v) is 10.9. The van der Waals surface area contributed by atoms with Gasteiger partial charge in [0.05, 0.1) is 16.5 Å². The van der Waals surface area contributed by atoms with E-state index in [-0.39, 0.29) is 34.1 Å². The van der Waals surface area contributed by atoms with Gasteiger partial charge < -0.3 is 19.8 Å². The lowest BCUT2D eigenvalue weighted by Gasteiger charge is -2.26. The van der Waals surface area contributed by atoms with E-state index in [0.29, 0.717) is 31.7 Å². The highest BCUT2D eigenvalue weighted by Gasteiger charge is 2.45. The lowest BCUT2D eigenvalue weighted by atomic mass is 9.95. The topological polar surface area (TPSA) is 124 Å². The molecule has 2 saturated heterocycles. The quantitative estimate of drug-likeness (QED) is 0.240. The first-order valence-electron chi connectivity index (χ1n) is 11.9. The van der Waals surface area contributed by atoms with Crippen molar-refractivity contribution in [2.24, 2.45) is 0 Å². The van der Waals surface area contributed by atoms with E-state index in [2.05, 4.69) is 0 Å². The molecule has 0 aromatic heterocycles. The zero-order chi connectivity index (χ0) is 25.9. The average Bonchev–Trinajstić information content (AvgIpc) is 3.14. The Labute approximate surface area is 210 Å². The van der Waals surface area contributed by atoms with Crippen LogP contribution in [0, 0.1) is 0 Å². The summed E-state index contributed by atoms with van der Waals surface area (Å²) in [6.45, 7) is 1.57. The van der Waals surface area contributed by atoms with Crippen LogP contribution in [-0.4, -0.2) is 72.9 Å². The summed E-state index contributed by atoms with van der Waals surface area (Å²) in [5.41, 5.74) is 0.691. The maximum atomic E-state index is 13.1. The van der Waals surface area contributed by atoms with E-state index in [0.717, 1.165) is 19.3 Å². The third-order valence-electron chi connectivity index (χ3n) is 6.58. The SMILES string of the molecule is COCCCN1C(=O)C(=O)C(=C(O)c2ccc(S(=O)(=O)N3CCCCC3)cc2)C1c1ccc(O)cc1. The van der Waals surface area contributed by atoms with E-state index >= 15 is 0 Å². The number of phenols is 1. The number of aliphatic hydroxyl groups excluding tert-OH is 1. The van der Waals surface area contributed by atoms with Crippen LogP contribution in [-0.2, 0) is 24.3 Å². The van der Waals surface area contributed by atoms with Gasteiger partial charge in [-0.25, -0.2) is 8.42 Å². The Morgan fingerprint density at radius 2 is 1.64 bits per heavy atom. The van der Waals surface area contributed by atoms with Crippen LogP contribution in [0.5, 0.6) is 5.75 Å². The number of carbonyl (C=O) groups is 2. The molecule has 2 aromatic carbocycles. The van der Waals surface area contributed by atoms with Crippen molar-refractivity contribution in [3.8, 4) is 5.75 Å². The van der Waals surface area contributed by atoms with Gasteiger partial charge in [-0.2, -0.15) is 4.31 Å². The number of rotatable bonds is 8. The standard InChI is InChI=1S/C26H30N2O7S/c1-35-17-5-16-28-23(18-6-10-20(29)11-7-18)22(25(31)26(28)32)24(30)19-8-12-21(13-9-19)36(33,34)27-14-3-2-4-15-27/h6-13,23,29-30H,2-5,14-17H2,1H3. The van der Waals surface area contributed by atoms with E-state index in [1.807, 2.05) is 0 Å². The van der Waals surface area contributed by atoms with Crippen molar-refractivity contribution in [2.75, 3.05) is 33.4 Å². The minimum absolute atomic E-state index is 0.0283. The molecular formula is C26H30N2O7S. The molecular weight excluding hydrogens is 484 g/mol. The molecule has 4 rings (SSSR count). The Bertz CT molecular complexity index is 1250. The van der Waals surface area contributed by atoms with Gasteiger partial charge in [0, 0.05) is 38.9 Å². The molecule has 2 aliphatic rings. The molecule has 0 saturated carbocycles. The van der Waals surface area contributed by atoms with E-state index < -0.39 is 27.8 Å². The second kappa shape index (κ2) is 10.8. The first-order valence-corrected chi connectivity index (χ1v) is 13.4. The number of piperidine rings is 1. The molecule has 36 heavy (non-hydrogen) atoms. The van der Waals surface area contributed by atoms with Crippen molar-refractivity contribution in [1.29, 1.82) is 0 Å². The minimum Gasteiger partial charge on any atom is -0.508 e. The Morgan fingerprint density at radius 3 is 2.25 bits per heavy atom. The summed E-state index contributed by atoms with van der Waals surface area (Å²) in [7, 11) is -2.11. The number of carbonyl (C=O) groups excluding carboxylic acids is 2. The number of ether oxygens (including phenoxy) is 1. The third kappa shape index (κ3) is 5.02. The fourth-order valence-corrected chi connectivity index (χ4v) is 6.20. The number of methoxy groups -OCH3 is 1. The fourth-order valence-electron chi connectivity index (χ4n) is 4.69. The number of hydrogen-bond donors (Lipinski definition) is 2. The predicted molar refractivity (Wildman–Crippen MR) is 133 cm³/mol. The summed E-state index contributed by atoms with van der Waals surface area (Å²) in [6.07, 6.45) is 3.13. The highest BCUT2D eigenvalue weighted by molar-refractivity contribution is 7.89. The Kier molecular flexibility index (Phi) is 7.77. The molecule has 0 radical (unpaired) electrons. The smallest absolute Gasteiger partial charge is 0.295 e. The number of likely N-dealkylation sites (tertiary alicyclic amines) is 1. The first kappa shape index (κ1) is 25.9. The van der Waals surface area contributed by atoms with Gasteiger partial charge in [0.15, 0.2) is 0 Å². The van der Waals surface area contributed by atoms with Gasteiger partial charge in [-0.05, 0) is 61.2 Å². The number of hydrogen-bond acceptors (Lipinski definition) is 7. The van der Waals surface area contributed by atoms with E-state index in [9.17, 15) is 28.2 Å². The largest absolute Gasteiger partial charge is 0.508 e. The predicted octanol–water partition coefficient (Wildman–Crippen LogP) is 3.03. The van der Waals surface area contributed by atoms with E-state index in [1.165, 1.54) is 45.6 Å². The number of benzene rings is 2. The van der Waals surface area contributed by atoms with E-state index in [4.69, 9.17) is 4.74 Å². The molecule has 0 spiro atoms. The normalized spacial score (nSPS) is 20.7. The lowest BCUT2D eigenvalue weighted by Crippen LogP contribution is -2.35. The average molecular weight is 515 g/mol. The molecule has 1 amide bonds. The second-order valence-electron chi connectivity index (χ2n) is 8.92. The molecule has 2 fully saturated rings. The van der Waals surface area contributed by atoms with Crippen molar-refractivity contribution in [2.45, 2.75) is 36.6 Å². The molecule has 0 bridgehead atoms. The zero-order valence-electron chi connectivity index (χ0n) is 20.1. The Balaban J connectivity index is 1.71. The van der Waals surface area contributed by atoms with Gasteiger partial charge >= 0.3 is 0 Å². The number of amides is 1. The van der Waals surface area contributed by atoms with Gasteiger partial charge in [0.2, 0.25) is 10.0 Å². The molecule has 1 unspecified atom stereocenters. The Hall–Kier alpha value is -3.21. The molecule has 10 heteroatoms. The monoisotopic (exact) mass is 514 g/mol. The first-order chi connectivity index (χ1) is 17.3. The van der Waals surface area contributed by atoms with Crippen LogP contribution in [0.15, 0.2) is 59.0 Å². The summed E-state index contributed by atoms with van der Waals surface area (Å²) < 4.78 is 32.5. The number of ketones is 1. The fraction of sp³-hybridized carbons (Fsp3) is 0.385. The summed E-state index contributed by atoms with van der Waals surface area (Å²) >= 11 is 0. The van der Waals surface area contributed by atoms with Gasteiger partial charge in [-0.3, -0.25) is 9.59 Å². The number of sulfonamides is 1. The maximum absolute atomic E-state index is 13.1. The van der Waals surface area contributed by atoms with Gasteiger partial charge in [-0.1, -0.05) is 18.6 Å². The molecule has 192 valence electrons. The van der Waals surface area contributed by atoms with Crippen molar-refractivity contribution in [1.82, 2.24) is 9.21 Å². The van der Waals surface area contributed by atoms with Crippen LogP contribution in [0.1, 0.15) is 42.9 Å². The van der Waals surface area contributed by atoms with Crippen molar-refractivity contribution >= 4 is 27.5 Å². The summed E-state index contributed by atoms with van der Waals surface area (Å²) in [5, 5.41) is 20.9. The molecule has 2 N–H and O–H groups in total. The van der Waals surface area contributed by atoms with Crippen LogP contribution < -0.4 is 0 Å². The molecule has 0 aliphatic carbocycles. The van der Waals surface area contributed by atoms with Gasteiger partial charge in [0.25, 0.3) is 11.7 Å². The highest BCUT2D eigenvalue weighted by atomic mass is 32.2. The summed E-state index contributed by atoms with van der Waals surface area (Å²) in [6, 6.07) is 10.9. The number of phenolic OH excluding ortho intramolecular Hbond substituents is 1. The maximum Gasteiger partial charge on any atom is 0.295 e. The summed E-state index contributed by atoms with van der Waals surface area (Å²) in [4.78, 5) is 27.5. The molecule has 2 heterocycles. The number of aromatic hydroxyl groups is 1. The van der Waals surface area contributed by atoms with Gasteiger partial charge in [0.1, 0.15) is 11.5 Å². The highest BCUT2D eigenvalue weighted by Crippen LogP contribution is 2.40. The lowest BCUT2D eigenvalue weighted by molar-refractivity contribution is -0.140. The Morgan fingerprint density at radius 1 is 1.00 bits per heavy atom. The van der Waals surface area contributed by atoms with Crippen LogP contribution in [0.4, 0.5) is 0 Å².